The molecule has 1 aliphatic carbocycles. The number of amides is 1. The number of fused-ring (bicyclic) bond motifs is 6. The van der Waals surface area contributed by atoms with Crippen molar-refractivity contribution in [3.05, 3.63) is 102 Å². The molecule has 4 heteroatoms. The summed E-state index contributed by atoms with van der Waals surface area (Å²) in [6, 6.07) is 26.2. The first kappa shape index (κ1) is 20.6. The molecule has 0 N–H and O–H groups in total. The summed E-state index contributed by atoms with van der Waals surface area (Å²) < 4.78 is 8.17. The van der Waals surface area contributed by atoms with Crippen LogP contribution in [0, 0.1) is 0 Å². The van der Waals surface area contributed by atoms with E-state index in [-0.39, 0.29) is 24.1 Å². The van der Waals surface area contributed by atoms with E-state index in [0.717, 1.165) is 19.3 Å². The van der Waals surface area contributed by atoms with Crippen LogP contribution in [-0.2, 0) is 11.8 Å². The van der Waals surface area contributed by atoms with E-state index in [2.05, 4.69) is 96.7 Å². The predicted molar refractivity (Wildman–Crippen MR) is 139 cm³/mol. The Labute approximate surface area is 205 Å². The zero-order valence-electron chi connectivity index (χ0n) is 19.9. The number of hydrogen-bond acceptors (Lipinski definition) is 2. The van der Waals surface area contributed by atoms with Crippen molar-refractivity contribution in [2.75, 3.05) is 6.61 Å². The van der Waals surface area contributed by atoms with Gasteiger partial charge in [0, 0.05) is 36.1 Å². The Balaban J connectivity index is 1.10. The van der Waals surface area contributed by atoms with Crippen molar-refractivity contribution in [2.24, 2.45) is 7.05 Å². The van der Waals surface area contributed by atoms with Crippen LogP contribution in [0.5, 0.6) is 0 Å². The standard InChI is InChI=1S/C31H28N2O2/c1-32-15-14-21-16-20(10-13-30(21)32)22-17-23-11-12-24(18-22)33(23)31(34)35-19-29-27-8-4-2-6-25(27)26-7-3-5-9-28(26)29/h2-10,13-17,23-24,29H,11-12,18-19H2,1H3. The Morgan fingerprint density at radius 1 is 0.943 bits per heavy atom. The van der Waals surface area contributed by atoms with Crippen LogP contribution < -0.4 is 0 Å². The van der Waals surface area contributed by atoms with Gasteiger partial charge in [-0.2, -0.15) is 0 Å². The lowest BCUT2D eigenvalue weighted by atomic mass is 9.94. The molecule has 2 aliphatic heterocycles. The Hall–Kier alpha value is -3.79. The molecule has 1 amide bonds. The first-order chi connectivity index (χ1) is 17.2. The monoisotopic (exact) mass is 460 g/mol. The van der Waals surface area contributed by atoms with E-state index in [4.69, 9.17) is 4.74 Å². The Morgan fingerprint density at radius 2 is 1.69 bits per heavy atom. The van der Waals surface area contributed by atoms with Crippen LogP contribution in [0.2, 0.25) is 0 Å². The SMILES string of the molecule is Cn1ccc2cc(C3=CC4CCC(C3)N4C(=O)OCC3c4ccccc4-c4ccccc43)ccc21. The first-order valence-electron chi connectivity index (χ1n) is 12.6. The minimum Gasteiger partial charge on any atom is -0.448 e. The third-order valence-corrected chi connectivity index (χ3v) is 8.20. The maximum absolute atomic E-state index is 13.3. The second-order valence-corrected chi connectivity index (χ2v) is 10.1. The fraction of sp³-hybridized carbons (Fsp3) is 0.258. The minimum atomic E-state index is -0.173. The van der Waals surface area contributed by atoms with E-state index >= 15 is 0 Å². The Morgan fingerprint density at radius 3 is 2.43 bits per heavy atom. The fourth-order valence-electron chi connectivity index (χ4n) is 6.48. The molecule has 2 atom stereocenters. The van der Waals surface area contributed by atoms with Crippen molar-refractivity contribution in [1.82, 2.24) is 9.47 Å². The smallest absolute Gasteiger partial charge is 0.410 e. The Bertz CT molecular complexity index is 1450. The third-order valence-electron chi connectivity index (χ3n) is 8.20. The number of benzene rings is 3. The molecule has 35 heavy (non-hydrogen) atoms. The number of carbonyl (C=O) groups is 1. The quantitative estimate of drug-likeness (QED) is 0.339. The molecule has 0 radical (unpaired) electrons. The molecular formula is C31H28N2O2. The van der Waals surface area contributed by atoms with Crippen LogP contribution in [0.3, 0.4) is 0 Å². The number of nitrogens with zero attached hydrogens (tertiary/aromatic N) is 2. The molecule has 4 nitrogen and oxygen atoms in total. The second kappa shape index (κ2) is 7.88. The molecule has 0 spiro atoms. The summed E-state index contributed by atoms with van der Waals surface area (Å²) in [7, 11) is 2.08. The highest BCUT2D eigenvalue weighted by Crippen LogP contribution is 2.45. The molecule has 1 saturated heterocycles. The number of carbonyl (C=O) groups excluding carboxylic acids is 1. The van der Waals surface area contributed by atoms with Gasteiger partial charge in [0.25, 0.3) is 0 Å². The molecule has 1 aromatic heterocycles. The van der Waals surface area contributed by atoms with E-state index in [1.165, 1.54) is 44.3 Å². The van der Waals surface area contributed by atoms with Gasteiger partial charge in [0.2, 0.25) is 0 Å². The Kier molecular flexibility index (Phi) is 4.63. The van der Waals surface area contributed by atoms with Gasteiger partial charge < -0.3 is 9.30 Å². The van der Waals surface area contributed by atoms with Crippen molar-refractivity contribution in [1.29, 1.82) is 0 Å². The highest BCUT2D eigenvalue weighted by atomic mass is 16.6. The average molecular weight is 461 g/mol. The number of hydrogen-bond donors (Lipinski definition) is 0. The summed E-state index contributed by atoms with van der Waals surface area (Å²) in [6.45, 7) is 0.379. The van der Waals surface area contributed by atoms with Crippen molar-refractivity contribution in [3.63, 3.8) is 0 Å². The fourth-order valence-corrected chi connectivity index (χ4v) is 6.48. The zero-order chi connectivity index (χ0) is 23.5. The van der Waals surface area contributed by atoms with E-state index in [1.807, 2.05) is 4.90 Å². The zero-order valence-corrected chi connectivity index (χ0v) is 19.9. The number of aromatic nitrogens is 1. The van der Waals surface area contributed by atoms with Gasteiger partial charge in [0.05, 0.1) is 6.04 Å². The minimum absolute atomic E-state index is 0.0949. The summed E-state index contributed by atoms with van der Waals surface area (Å²) in [6.07, 6.45) is 7.16. The molecule has 2 unspecified atom stereocenters. The largest absolute Gasteiger partial charge is 0.448 e. The summed E-state index contributed by atoms with van der Waals surface area (Å²) >= 11 is 0. The molecule has 4 aromatic rings. The van der Waals surface area contributed by atoms with Gasteiger partial charge in [-0.1, -0.05) is 60.7 Å². The summed E-state index contributed by atoms with van der Waals surface area (Å²) in [5.41, 5.74) is 8.88. The lowest BCUT2D eigenvalue weighted by molar-refractivity contribution is 0.0866. The van der Waals surface area contributed by atoms with E-state index in [1.54, 1.807) is 0 Å². The van der Waals surface area contributed by atoms with Crippen LogP contribution in [0.4, 0.5) is 4.79 Å². The van der Waals surface area contributed by atoms with Crippen LogP contribution in [0.1, 0.15) is 41.9 Å². The molecule has 2 bridgehead atoms. The molecule has 7 rings (SSSR count). The van der Waals surface area contributed by atoms with Gasteiger partial charge in [0.15, 0.2) is 0 Å². The van der Waals surface area contributed by atoms with Gasteiger partial charge in [-0.3, -0.25) is 4.90 Å². The first-order valence-corrected chi connectivity index (χ1v) is 12.6. The molecule has 1 fully saturated rings. The van der Waals surface area contributed by atoms with Crippen molar-refractivity contribution in [3.8, 4) is 11.1 Å². The number of rotatable bonds is 3. The number of ether oxygens (including phenoxy) is 1. The van der Waals surface area contributed by atoms with E-state index in [0.29, 0.717) is 6.61 Å². The maximum atomic E-state index is 13.3. The van der Waals surface area contributed by atoms with Gasteiger partial charge in [-0.25, -0.2) is 4.79 Å². The summed E-state index contributed by atoms with van der Waals surface area (Å²) in [5, 5.41) is 1.26. The van der Waals surface area contributed by atoms with Gasteiger partial charge in [0.1, 0.15) is 6.61 Å². The van der Waals surface area contributed by atoms with Crippen molar-refractivity contribution >= 4 is 22.6 Å². The third kappa shape index (κ3) is 3.23. The van der Waals surface area contributed by atoms with Crippen molar-refractivity contribution in [2.45, 2.75) is 37.3 Å². The molecule has 0 saturated carbocycles. The molecule has 3 heterocycles. The van der Waals surface area contributed by atoms with Crippen molar-refractivity contribution < 1.29 is 9.53 Å². The predicted octanol–water partition coefficient (Wildman–Crippen LogP) is 6.75. The second-order valence-electron chi connectivity index (χ2n) is 10.1. The summed E-state index contributed by atoms with van der Waals surface area (Å²) in [4.78, 5) is 15.3. The topological polar surface area (TPSA) is 34.5 Å². The summed E-state index contributed by atoms with van der Waals surface area (Å²) in [5.74, 6) is 0.0949. The molecular weight excluding hydrogens is 432 g/mol. The van der Waals surface area contributed by atoms with E-state index < -0.39 is 0 Å². The maximum Gasteiger partial charge on any atom is 0.410 e. The highest BCUT2D eigenvalue weighted by molar-refractivity contribution is 5.85. The van der Waals surface area contributed by atoms with E-state index in [9.17, 15) is 4.79 Å². The lowest BCUT2D eigenvalue weighted by Gasteiger charge is -2.33. The molecule has 3 aromatic carbocycles. The normalized spacial score (nSPS) is 20.6. The molecule has 174 valence electrons. The van der Waals surface area contributed by atoms with Crippen LogP contribution >= 0.6 is 0 Å². The van der Waals surface area contributed by atoms with Crippen LogP contribution in [0.15, 0.2) is 85.1 Å². The molecule has 3 aliphatic rings. The van der Waals surface area contributed by atoms with Crippen LogP contribution in [0.25, 0.3) is 27.6 Å². The highest BCUT2D eigenvalue weighted by Gasteiger charge is 2.41. The van der Waals surface area contributed by atoms with Gasteiger partial charge in [-0.15, -0.1) is 0 Å². The van der Waals surface area contributed by atoms with Crippen LogP contribution in [-0.4, -0.2) is 34.3 Å². The lowest BCUT2D eigenvalue weighted by Crippen LogP contribution is -2.43. The average Bonchev–Trinajstić information content (AvgIpc) is 3.51. The van der Waals surface area contributed by atoms with Gasteiger partial charge >= 0.3 is 6.09 Å². The van der Waals surface area contributed by atoms with Gasteiger partial charge in [-0.05, 0) is 70.9 Å². The number of aryl methyl sites for hydroxylation is 1.